The lowest BCUT2D eigenvalue weighted by atomic mass is 10.4. The predicted octanol–water partition coefficient (Wildman–Crippen LogP) is 1.91. The number of alkyl halides is 1. The summed E-state index contributed by atoms with van der Waals surface area (Å²) in [7, 11) is 1.91. The van der Waals surface area contributed by atoms with Crippen LogP contribution >= 0.6 is 11.6 Å². The first-order valence-electron chi connectivity index (χ1n) is 5.95. The molecule has 98 valence electrons. The van der Waals surface area contributed by atoms with E-state index in [2.05, 4.69) is 20.2 Å². The molecule has 3 aromatic rings. The zero-order valence-electron chi connectivity index (χ0n) is 10.7. The minimum atomic E-state index is -0.192. The Morgan fingerprint density at radius 1 is 1.42 bits per heavy atom. The molecule has 0 aromatic carbocycles. The summed E-state index contributed by atoms with van der Waals surface area (Å²) in [5.74, 6) is 1.63. The highest BCUT2D eigenvalue weighted by Crippen LogP contribution is 2.23. The molecule has 0 N–H and O–H groups in total. The molecule has 3 heterocycles. The largest absolute Gasteiger partial charge is 0.319 e. The molecule has 7 heteroatoms. The highest BCUT2D eigenvalue weighted by atomic mass is 35.5. The predicted molar refractivity (Wildman–Crippen MR) is 71.9 cm³/mol. The summed E-state index contributed by atoms with van der Waals surface area (Å²) in [5, 5.41) is 7.78. The van der Waals surface area contributed by atoms with Crippen molar-refractivity contribution in [1.82, 2.24) is 29.3 Å². The van der Waals surface area contributed by atoms with E-state index in [0.717, 1.165) is 22.8 Å². The Labute approximate surface area is 115 Å². The molecule has 1 atom stereocenters. The number of nitrogens with zero attached hydrogens (tertiary/aromatic N) is 6. The second-order valence-electron chi connectivity index (χ2n) is 4.38. The van der Waals surface area contributed by atoms with Gasteiger partial charge in [0.2, 0.25) is 0 Å². The van der Waals surface area contributed by atoms with Crippen molar-refractivity contribution in [1.29, 1.82) is 0 Å². The van der Waals surface area contributed by atoms with Crippen molar-refractivity contribution in [3.8, 4) is 0 Å². The molecule has 0 spiro atoms. The van der Waals surface area contributed by atoms with Gasteiger partial charge in [-0.15, -0.1) is 21.8 Å². The third kappa shape index (κ3) is 2.08. The van der Waals surface area contributed by atoms with E-state index in [1.807, 2.05) is 35.2 Å². The van der Waals surface area contributed by atoms with Gasteiger partial charge in [-0.05, 0) is 19.1 Å². The maximum atomic E-state index is 6.21. The highest BCUT2D eigenvalue weighted by molar-refractivity contribution is 6.20. The molecule has 3 aromatic heterocycles. The lowest BCUT2D eigenvalue weighted by Crippen LogP contribution is -2.10. The number of hydrogen-bond acceptors (Lipinski definition) is 4. The summed E-state index contributed by atoms with van der Waals surface area (Å²) in [6, 6.07) is 3.79. The third-order valence-corrected chi connectivity index (χ3v) is 3.19. The van der Waals surface area contributed by atoms with Crippen LogP contribution in [0.5, 0.6) is 0 Å². The van der Waals surface area contributed by atoms with Crippen LogP contribution in [-0.4, -0.2) is 29.3 Å². The molecule has 0 radical (unpaired) electrons. The van der Waals surface area contributed by atoms with E-state index in [-0.39, 0.29) is 5.38 Å². The summed E-state index contributed by atoms with van der Waals surface area (Å²) in [5.41, 5.74) is 1.65. The molecule has 1 unspecified atom stereocenters. The van der Waals surface area contributed by atoms with Gasteiger partial charge in [0, 0.05) is 13.2 Å². The van der Waals surface area contributed by atoms with Gasteiger partial charge >= 0.3 is 0 Å². The van der Waals surface area contributed by atoms with Gasteiger partial charge in [-0.1, -0.05) is 0 Å². The first-order chi connectivity index (χ1) is 9.16. The molecule has 0 saturated carbocycles. The van der Waals surface area contributed by atoms with E-state index in [9.17, 15) is 0 Å². The number of aromatic nitrogens is 6. The van der Waals surface area contributed by atoms with Gasteiger partial charge < -0.3 is 9.13 Å². The number of aryl methyl sites for hydroxylation is 1. The molecule has 19 heavy (non-hydrogen) atoms. The van der Waals surface area contributed by atoms with Crippen molar-refractivity contribution < 1.29 is 0 Å². The summed E-state index contributed by atoms with van der Waals surface area (Å²) < 4.78 is 3.86. The molecule has 0 aliphatic heterocycles. The number of fused-ring (bicyclic) bond motifs is 1. The normalized spacial score (nSPS) is 13.0. The Bertz CT molecular complexity index is 714. The number of rotatable bonds is 3. The average molecular weight is 277 g/mol. The van der Waals surface area contributed by atoms with Gasteiger partial charge in [-0.3, -0.25) is 0 Å². The Balaban J connectivity index is 2.15. The van der Waals surface area contributed by atoms with E-state index >= 15 is 0 Å². The Morgan fingerprint density at radius 2 is 2.26 bits per heavy atom. The molecule has 0 amide bonds. The van der Waals surface area contributed by atoms with Gasteiger partial charge in [0.15, 0.2) is 11.5 Å². The molecular weight excluding hydrogens is 264 g/mol. The van der Waals surface area contributed by atoms with Crippen LogP contribution in [0.25, 0.3) is 11.2 Å². The molecule has 0 aliphatic rings. The van der Waals surface area contributed by atoms with Crippen molar-refractivity contribution in [3.05, 3.63) is 36.3 Å². The summed E-state index contributed by atoms with van der Waals surface area (Å²) in [6.07, 6.45) is 3.42. The molecule has 6 nitrogen and oxygen atoms in total. The number of pyridine rings is 1. The van der Waals surface area contributed by atoms with Gasteiger partial charge in [0.1, 0.15) is 17.7 Å². The SMILES string of the molecule is CC(Cl)c1nc2cccnc2n1Cc1nncn1C. The topological polar surface area (TPSA) is 61.4 Å². The number of imidazole rings is 1. The van der Waals surface area contributed by atoms with Crippen LogP contribution in [0.1, 0.15) is 23.9 Å². The number of halogens is 1. The van der Waals surface area contributed by atoms with Gasteiger partial charge in [-0.2, -0.15) is 0 Å². The van der Waals surface area contributed by atoms with Crippen molar-refractivity contribution in [2.75, 3.05) is 0 Å². The standard InChI is InChI=1S/C12H13ClN6/c1-8(13)11-16-9-4-3-5-14-12(9)19(11)6-10-17-15-7-18(10)2/h3-5,7-8H,6H2,1-2H3. The van der Waals surface area contributed by atoms with Crippen molar-refractivity contribution in [2.24, 2.45) is 7.05 Å². The minimum Gasteiger partial charge on any atom is -0.319 e. The minimum absolute atomic E-state index is 0.192. The lowest BCUT2D eigenvalue weighted by Gasteiger charge is -2.09. The maximum absolute atomic E-state index is 6.21. The molecule has 0 fully saturated rings. The highest BCUT2D eigenvalue weighted by Gasteiger charge is 2.17. The lowest BCUT2D eigenvalue weighted by molar-refractivity contribution is 0.671. The van der Waals surface area contributed by atoms with Crippen LogP contribution in [0.15, 0.2) is 24.7 Å². The second kappa shape index (κ2) is 4.62. The summed E-state index contributed by atoms with van der Waals surface area (Å²) in [6.45, 7) is 2.45. The fraction of sp³-hybridized carbons (Fsp3) is 0.333. The molecule has 0 bridgehead atoms. The fourth-order valence-corrected chi connectivity index (χ4v) is 2.19. The van der Waals surface area contributed by atoms with E-state index in [1.54, 1.807) is 12.5 Å². The van der Waals surface area contributed by atoms with Gasteiger partial charge in [-0.25, -0.2) is 9.97 Å². The Morgan fingerprint density at radius 3 is 2.95 bits per heavy atom. The Kier molecular flexibility index (Phi) is 2.94. The van der Waals surface area contributed by atoms with Gasteiger partial charge in [0.05, 0.1) is 11.9 Å². The zero-order valence-corrected chi connectivity index (χ0v) is 11.4. The van der Waals surface area contributed by atoms with Crippen LogP contribution < -0.4 is 0 Å². The van der Waals surface area contributed by atoms with Crippen LogP contribution in [0.3, 0.4) is 0 Å². The molecular formula is C12H13ClN6. The van der Waals surface area contributed by atoms with E-state index < -0.39 is 0 Å². The Hall–Kier alpha value is -1.95. The van der Waals surface area contributed by atoms with Crippen LogP contribution in [0, 0.1) is 0 Å². The fourth-order valence-electron chi connectivity index (χ4n) is 2.03. The van der Waals surface area contributed by atoms with Crippen molar-refractivity contribution >= 4 is 22.8 Å². The smallest absolute Gasteiger partial charge is 0.160 e. The zero-order chi connectivity index (χ0) is 13.4. The quantitative estimate of drug-likeness (QED) is 0.686. The average Bonchev–Trinajstić information content (AvgIpc) is 2.95. The summed E-state index contributed by atoms with van der Waals surface area (Å²) >= 11 is 6.21. The first kappa shape index (κ1) is 12.1. The van der Waals surface area contributed by atoms with E-state index in [0.29, 0.717) is 6.54 Å². The molecule has 3 rings (SSSR count). The van der Waals surface area contributed by atoms with Crippen LogP contribution in [-0.2, 0) is 13.6 Å². The van der Waals surface area contributed by atoms with Crippen molar-refractivity contribution in [3.63, 3.8) is 0 Å². The molecule has 0 aliphatic carbocycles. The third-order valence-electron chi connectivity index (χ3n) is 2.99. The molecule has 0 saturated heterocycles. The van der Waals surface area contributed by atoms with Crippen LogP contribution in [0.4, 0.5) is 0 Å². The monoisotopic (exact) mass is 276 g/mol. The van der Waals surface area contributed by atoms with Crippen molar-refractivity contribution in [2.45, 2.75) is 18.8 Å². The van der Waals surface area contributed by atoms with E-state index in [1.165, 1.54) is 0 Å². The number of hydrogen-bond donors (Lipinski definition) is 0. The van der Waals surface area contributed by atoms with E-state index in [4.69, 9.17) is 11.6 Å². The first-order valence-corrected chi connectivity index (χ1v) is 6.38. The van der Waals surface area contributed by atoms with Gasteiger partial charge in [0.25, 0.3) is 0 Å². The maximum Gasteiger partial charge on any atom is 0.160 e. The summed E-state index contributed by atoms with van der Waals surface area (Å²) in [4.78, 5) is 8.91. The van der Waals surface area contributed by atoms with Crippen LogP contribution in [0.2, 0.25) is 0 Å². The second-order valence-corrected chi connectivity index (χ2v) is 5.03.